The molecule has 4 rings (SSSR count). The summed E-state index contributed by atoms with van der Waals surface area (Å²) in [6, 6.07) is 4.99. The molecular formula is C19H29N3O2. The fraction of sp³-hybridized carbons (Fsp3) is 0.737. The first-order valence-corrected chi connectivity index (χ1v) is 9.53. The van der Waals surface area contributed by atoms with Crippen LogP contribution in [0, 0.1) is 11.8 Å². The van der Waals surface area contributed by atoms with Gasteiger partial charge in [0.05, 0.1) is 5.92 Å². The van der Waals surface area contributed by atoms with Crippen LogP contribution < -0.4 is 5.32 Å². The van der Waals surface area contributed by atoms with E-state index in [0.717, 1.165) is 52.2 Å². The first-order valence-electron chi connectivity index (χ1n) is 9.53. The van der Waals surface area contributed by atoms with Gasteiger partial charge in [-0.1, -0.05) is 6.42 Å². The van der Waals surface area contributed by atoms with Crippen LogP contribution >= 0.6 is 0 Å². The molecule has 3 aliphatic rings. The zero-order valence-electron chi connectivity index (χ0n) is 14.5. The Bertz CT molecular complexity index is 561. The molecule has 1 saturated carbocycles. The van der Waals surface area contributed by atoms with E-state index in [1.165, 1.54) is 25.0 Å². The van der Waals surface area contributed by atoms with Gasteiger partial charge in [-0.05, 0) is 43.7 Å². The summed E-state index contributed by atoms with van der Waals surface area (Å²) in [7, 11) is 0. The summed E-state index contributed by atoms with van der Waals surface area (Å²) in [5, 5.41) is 3.23. The number of hydrogen-bond acceptors (Lipinski definition) is 3. The number of amides is 1. The minimum atomic E-state index is 0.0547. The molecule has 2 fully saturated rings. The third-order valence-electron chi connectivity index (χ3n) is 6.03. The van der Waals surface area contributed by atoms with Gasteiger partial charge in [0.1, 0.15) is 0 Å². The molecule has 24 heavy (non-hydrogen) atoms. The molecule has 2 aliphatic heterocycles. The maximum Gasteiger partial charge on any atom is 0.226 e. The third kappa shape index (κ3) is 3.52. The Morgan fingerprint density at radius 1 is 1.21 bits per heavy atom. The molecule has 1 aromatic rings. The first-order chi connectivity index (χ1) is 11.8. The summed E-state index contributed by atoms with van der Waals surface area (Å²) in [4.78, 5) is 15.4. The van der Waals surface area contributed by atoms with Crippen LogP contribution in [0.5, 0.6) is 0 Å². The molecule has 1 saturated heterocycles. The topological polar surface area (TPSA) is 46.5 Å². The molecule has 1 aliphatic carbocycles. The van der Waals surface area contributed by atoms with Gasteiger partial charge in [-0.2, -0.15) is 0 Å². The van der Waals surface area contributed by atoms with Crippen LogP contribution in [0.15, 0.2) is 18.3 Å². The van der Waals surface area contributed by atoms with Crippen molar-refractivity contribution in [3.8, 4) is 0 Å². The number of nitrogens with zero attached hydrogens (tertiary/aromatic N) is 2. The van der Waals surface area contributed by atoms with E-state index in [1.54, 1.807) is 0 Å². The number of nitrogens with one attached hydrogen (secondary N) is 1. The molecule has 132 valence electrons. The molecule has 0 aromatic carbocycles. The summed E-state index contributed by atoms with van der Waals surface area (Å²) in [6.07, 6.45) is 8.18. The molecule has 1 N–H and O–H groups in total. The zero-order chi connectivity index (χ0) is 16.4. The van der Waals surface area contributed by atoms with E-state index < -0.39 is 0 Å². The Balaban J connectivity index is 1.39. The van der Waals surface area contributed by atoms with Crippen molar-refractivity contribution in [1.82, 2.24) is 14.8 Å². The van der Waals surface area contributed by atoms with Crippen molar-refractivity contribution in [1.29, 1.82) is 0 Å². The number of carbonyl (C=O) groups excluding carboxylic acids is 1. The Kier molecular flexibility index (Phi) is 4.90. The van der Waals surface area contributed by atoms with Crippen molar-refractivity contribution in [2.24, 2.45) is 11.8 Å². The number of rotatable bonds is 4. The average Bonchev–Trinajstić information content (AvgIpc) is 2.90. The van der Waals surface area contributed by atoms with E-state index in [1.807, 2.05) is 0 Å². The summed E-state index contributed by atoms with van der Waals surface area (Å²) in [5.74, 6) is 0.866. The van der Waals surface area contributed by atoms with Gasteiger partial charge in [0, 0.05) is 57.3 Å². The molecule has 0 spiro atoms. The van der Waals surface area contributed by atoms with Crippen molar-refractivity contribution in [2.45, 2.75) is 51.2 Å². The third-order valence-corrected chi connectivity index (χ3v) is 6.03. The van der Waals surface area contributed by atoms with Crippen LogP contribution in [0.4, 0.5) is 0 Å². The van der Waals surface area contributed by atoms with Crippen LogP contribution in [0.1, 0.15) is 37.8 Å². The fourth-order valence-corrected chi connectivity index (χ4v) is 4.16. The summed E-state index contributed by atoms with van der Waals surface area (Å²) in [5.41, 5.74) is 1.35. The number of fused-ring (bicyclic) bond motifs is 1. The van der Waals surface area contributed by atoms with Crippen molar-refractivity contribution in [3.05, 3.63) is 24.0 Å². The highest BCUT2D eigenvalue weighted by atomic mass is 16.5. The van der Waals surface area contributed by atoms with E-state index in [9.17, 15) is 4.79 Å². The van der Waals surface area contributed by atoms with Gasteiger partial charge in [0.2, 0.25) is 5.91 Å². The maximum atomic E-state index is 12.8. The minimum Gasteiger partial charge on any atom is -0.381 e. The molecule has 3 heterocycles. The highest BCUT2D eigenvalue weighted by molar-refractivity contribution is 5.78. The van der Waals surface area contributed by atoms with Crippen LogP contribution in [0.25, 0.3) is 0 Å². The lowest BCUT2D eigenvalue weighted by Gasteiger charge is -2.37. The summed E-state index contributed by atoms with van der Waals surface area (Å²) < 4.78 is 7.68. The lowest BCUT2D eigenvalue weighted by Crippen LogP contribution is -2.45. The van der Waals surface area contributed by atoms with Gasteiger partial charge in [-0.3, -0.25) is 9.69 Å². The predicted molar refractivity (Wildman–Crippen MR) is 92.5 cm³/mol. The minimum absolute atomic E-state index is 0.0547. The second-order valence-electron chi connectivity index (χ2n) is 7.66. The van der Waals surface area contributed by atoms with Crippen LogP contribution in [0.3, 0.4) is 0 Å². The zero-order valence-corrected chi connectivity index (χ0v) is 14.5. The monoisotopic (exact) mass is 331 g/mol. The van der Waals surface area contributed by atoms with Crippen molar-refractivity contribution >= 4 is 5.91 Å². The molecule has 0 bridgehead atoms. The lowest BCUT2D eigenvalue weighted by atomic mass is 9.90. The first kappa shape index (κ1) is 16.2. The molecule has 5 heteroatoms. The normalized spacial score (nSPS) is 26.4. The standard InChI is InChI=1S/C19H29N3O2/c23-19(20-11-15-6-9-24-10-7-15)16-12-21-8-2-5-18(21)14-22(13-16)17-3-1-4-17/h2,5,8,15-17H,1,3-4,6-7,9-14H2,(H,20,23). The molecule has 1 aromatic heterocycles. The van der Waals surface area contributed by atoms with Crippen LogP contribution in [-0.2, 0) is 22.6 Å². The lowest BCUT2D eigenvalue weighted by molar-refractivity contribution is -0.126. The number of ether oxygens (including phenoxy) is 1. The molecule has 5 nitrogen and oxygen atoms in total. The Labute approximate surface area is 144 Å². The number of aromatic nitrogens is 1. The summed E-state index contributed by atoms with van der Waals surface area (Å²) >= 11 is 0. The van der Waals surface area contributed by atoms with Gasteiger partial charge < -0.3 is 14.6 Å². The Hall–Kier alpha value is -1.33. The average molecular weight is 331 g/mol. The van der Waals surface area contributed by atoms with Gasteiger partial charge in [0.25, 0.3) is 0 Å². The highest BCUT2D eigenvalue weighted by Gasteiger charge is 2.32. The van der Waals surface area contributed by atoms with Crippen molar-refractivity contribution < 1.29 is 9.53 Å². The van der Waals surface area contributed by atoms with E-state index in [-0.39, 0.29) is 11.8 Å². The van der Waals surface area contributed by atoms with E-state index in [4.69, 9.17) is 4.74 Å². The van der Waals surface area contributed by atoms with Gasteiger partial charge in [-0.15, -0.1) is 0 Å². The number of carbonyl (C=O) groups is 1. The van der Waals surface area contributed by atoms with E-state index >= 15 is 0 Å². The maximum absolute atomic E-state index is 12.8. The van der Waals surface area contributed by atoms with E-state index in [2.05, 4.69) is 33.1 Å². The molecule has 1 unspecified atom stereocenters. The number of hydrogen-bond donors (Lipinski definition) is 1. The molecule has 0 radical (unpaired) electrons. The smallest absolute Gasteiger partial charge is 0.226 e. The molecule has 1 amide bonds. The Morgan fingerprint density at radius 2 is 2.04 bits per heavy atom. The molecule has 1 atom stereocenters. The molecular weight excluding hydrogens is 302 g/mol. The second-order valence-corrected chi connectivity index (χ2v) is 7.66. The van der Waals surface area contributed by atoms with Crippen molar-refractivity contribution in [3.63, 3.8) is 0 Å². The second kappa shape index (κ2) is 7.28. The summed E-state index contributed by atoms with van der Waals surface area (Å²) in [6.45, 7) is 5.18. The largest absolute Gasteiger partial charge is 0.381 e. The van der Waals surface area contributed by atoms with E-state index in [0.29, 0.717) is 12.0 Å². The SMILES string of the molecule is O=C(NCC1CCOCC1)C1CN(C2CCC2)Cc2cccn2C1. The van der Waals surface area contributed by atoms with Crippen LogP contribution in [-0.4, -0.2) is 47.7 Å². The highest BCUT2D eigenvalue weighted by Crippen LogP contribution is 2.29. The Morgan fingerprint density at radius 3 is 2.79 bits per heavy atom. The van der Waals surface area contributed by atoms with Gasteiger partial charge >= 0.3 is 0 Å². The van der Waals surface area contributed by atoms with Gasteiger partial charge in [0.15, 0.2) is 0 Å². The van der Waals surface area contributed by atoms with Crippen molar-refractivity contribution in [2.75, 3.05) is 26.3 Å². The quantitative estimate of drug-likeness (QED) is 0.918. The predicted octanol–water partition coefficient (Wildman–Crippen LogP) is 2.02. The van der Waals surface area contributed by atoms with Crippen LogP contribution in [0.2, 0.25) is 0 Å². The fourth-order valence-electron chi connectivity index (χ4n) is 4.16. The van der Waals surface area contributed by atoms with Gasteiger partial charge in [-0.25, -0.2) is 0 Å².